The molecule has 0 aromatic heterocycles. The lowest BCUT2D eigenvalue weighted by Crippen LogP contribution is -2.38. The summed E-state index contributed by atoms with van der Waals surface area (Å²) in [4.78, 5) is 23.1. The number of allylic oxidation sites excluding steroid dienone is 2. The van der Waals surface area contributed by atoms with Gasteiger partial charge in [-0.25, -0.2) is 12.7 Å². The molecule has 1 fully saturated rings. The summed E-state index contributed by atoms with van der Waals surface area (Å²) in [5.74, 6) is -1.74. The molecule has 1 amide bonds. The van der Waals surface area contributed by atoms with Gasteiger partial charge in [-0.3, -0.25) is 9.59 Å². The van der Waals surface area contributed by atoms with Crippen LogP contribution in [0.4, 0.5) is 0 Å². The van der Waals surface area contributed by atoms with E-state index in [-0.39, 0.29) is 24.7 Å². The number of sulfonamides is 1. The molecule has 0 unspecified atom stereocenters. The van der Waals surface area contributed by atoms with E-state index >= 15 is 0 Å². The lowest BCUT2D eigenvalue weighted by molar-refractivity contribution is -0.146. The molecule has 1 aliphatic rings. The van der Waals surface area contributed by atoms with Gasteiger partial charge in [0.05, 0.1) is 24.6 Å². The van der Waals surface area contributed by atoms with Crippen molar-refractivity contribution in [3.05, 3.63) is 24.3 Å². The van der Waals surface area contributed by atoms with Crippen molar-refractivity contribution in [1.29, 1.82) is 0 Å². The quantitative estimate of drug-likeness (QED) is 0.134. The third-order valence-electron chi connectivity index (χ3n) is 5.97. The highest BCUT2D eigenvalue weighted by Gasteiger charge is 2.39. The van der Waals surface area contributed by atoms with Gasteiger partial charge in [-0.1, -0.05) is 50.5 Å². The number of nitrogens with zero attached hydrogens (tertiary/aromatic N) is 1. The van der Waals surface area contributed by atoms with Crippen LogP contribution < -0.4 is 0 Å². The minimum Gasteiger partial charge on any atom is -0.443 e. The van der Waals surface area contributed by atoms with Crippen LogP contribution in [0.25, 0.3) is 0 Å². The molecule has 34 heavy (non-hydrogen) atoms. The van der Waals surface area contributed by atoms with Crippen LogP contribution in [0.2, 0.25) is 0 Å². The molecule has 0 aliphatic heterocycles. The number of carbonyl (C=O) groups excluding carboxylic acids is 2. The van der Waals surface area contributed by atoms with Crippen molar-refractivity contribution in [3.63, 3.8) is 0 Å². The largest absolute Gasteiger partial charge is 0.443 e. The molecule has 0 aromatic carbocycles. The van der Waals surface area contributed by atoms with E-state index in [0.29, 0.717) is 30.0 Å². The van der Waals surface area contributed by atoms with Gasteiger partial charge in [0.25, 0.3) is 0 Å². The minimum atomic E-state index is -3.84. The van der Waals surface area contributed by atoms with Crippen LogP contribution >= 0.6 is 0 Å². The minimum absolute atomic E-state index is 0.0231. The zero-order valence-electron chi connectivity index (χ0n) is 20.5. The van der Waals surface area contributed by atoms with E-state index in [2.05, 4.69) is 11.7 Å². The molecule has 1 rings (SSSR count). The smallest absolute Gasteiger partial charge is 0.304 e. The molecule has 10 heteroatoms. The number of amides is 1. The summed E-state index contributed by atoms with van der Waals surface area (Å²) in [6, 6.07) is 0. The lowest BCUT2D eigenvalue weighted by atomic mass is 9.89. The van der Waals surface area contributed by atoms with E-state index in [1.54, 1.807) is 6.08 Å². The van der Waals surface area contributed by atoms with Gasteiger partial charge in [0.15, 0.2) is 6.73 Å². The maximum absolute atomic E-state index is 12.2. The molecular formula is C24H41NO8S. The third kappa shape index (κ3) is 11.1. The van der Waals surface area contributed by atoms with Crippen LogP contribution in [0, 0.1) is 11.8 Å². The van der Waals surface area contributed by atoms with E-state index in [1.165, 1.54) is 0 Å². The van der Waals surface area contributed by atoms with Crippen molar-refractivity contribution in [3.8, 4) is 0 Å². The van der Waals surface area contributed by atoms with Gasteiger partial charge >= 0.3 is 5.97 Å². The number of carbonyl (C=O) groups is 2. The van der Waals surface area contributed by atoms with Crippen LogP contribution in [0.3, 0.4) is 0 Å². The standard InChI is InChI=1S/C24H41NO8S/c1-4-5-8-11-19(27)14-15-21-20(22(28)16-23(21)29)12-9-6-7-10-13-24(30)25(34(3,31)32)17-33-18(2)26/h6,9,14-15,19-23,27-29H,4-5,7-8,10-13,16-17H2,1-3H3/b9-6-,15-14+/t19-,20+,21+,22-,23+/m1/s1. The maximum atomic E-state index is 12.2. The van der Waals surface area contributed by atoms with Gasteiger partial charge in [0, 0.05) is 25.7 Å². The number of esters is 1. The van der Waals surface area contributed by atoms with Crippen molar-refractivity contribution in [2.45, 2.75) is 89.9 Å². The number of ether oxygens (including phenoxy) is 1. The Morgan fingerprint density at radius 1 is 1.15 bits per heavy atom. The first-order valence-electron chi connectivity index (χ1n) is 12.0. The molecule has 5 atom stereocenters. The summed E-state index contributed by atoms with van der Waals surface area (Å²) >= 11 is 0. The summed E-state index contributed by atoms with van der Waals surface area (Å²) < 4.78 is 28.7. The number of hydrogen-bond donors (Lipinski definition) is 3. The van der Waals surface area contributed by atoms with E-state index in [1.807, 2.05) is 18.2 Å². The van der Waals surface area contributed by atoms with Crippen LogP contribution in [0.1, 0.15) is 71.6 Å². The summed E-state index contributed by atoms with van der Waals surface area (Å²) in [6.45, 7) is 2.60. The number of unbranched alkanes of at least 4 members (excludes halogenated alkanes) is 3. The van der Waals surface area contributed by atoms with Crippen molar-refractivity contribution in [2.75, 3.05) is 13.0 Å². The van der Waals surface area contributed by atoms with E-state index in [4.69, 9.17) is 0 Å². The van der Waals surface area contributed by atoms with Crippen molar-refractivity contribution >= 4 is 21.9 Å². The first-order valence-corrected chi connectivity index (χ1v) is 13.8. The Bertz CT molecular complexity index is 795. The summed E-state index contributed by atoms with van der Waals surface area (Å²) in [5.41, 5.74) is 0. The lowest BCUT2D eigenvalue weighted by Gasteiger charge is -2.20. The Labute approximate surface area is 203 Å². The first-order chi connectivity index (χ1) is 16.0. The number of hydrogen-bond acceptors (Lipinski definition) is 8. The van der Waals surface area contributed by atoms with Gasteiger partial charge in [-0.05, 0) is 31.6 Å². The molecule has 1 aliphatic carbocycles. The summed E-state index contributed by atoms with van der Waals surface area (Å²) in [6.07, 6.45) is 11.8. The highest BCUT2D eigenvalue weighted by atomic mass is 32.2. The zero-order valence-corrected chi connectivity index (χ0v) is 21.3. The average molecular weight is 504 g/mol. The fourth-order valence-electron chi connectivity index (χ4n) is 4.03. The molecule has 0 saturated heterocycles. The molecular weight excluding hydrogens is 462 g/mol. The normalized spacial score (nSPS) is 24.1. The summed E-state index contributed by atoms with van der Waals surface area (Å²) in [5, 5.41) is 30.8. The number of aliphatic hydroxyl groups is 3. The second-order valence-electron chi connectivity index (χ2n) is 8.93. The topological polar surface area (TPSA) is 141 Å². The highest BCUT2D eigenvalue weighted by molar-refractivity contribution is 7.88. The molecule has 9 nitrogen and oxygen atoms in total. The van der Waals surface area contributed by atoms with Gasteiger partial charge < -0.3 is 20.1 Å². The fourth-order valence-corrected chi connectivity index (χ4v) is 4.74. The third-order valence-corrected chi connectivity index (χ3v) is 7.08. The summed E-state index contributed by atoms with van der Waals surface area (Å²) in [7, 11) is -3.84. The predicted octanol–water partition coefficient (Wildman–Crippen LogP) is 2.27. The average Bonchev–Trinajstić information content (AvgIpc) is 3.00. The molecule has 0 bridgehead atoms. The van der Waals surface area contributed by atoms with Crippen LogP contribution in [0.5, 0.6) is 0 Å². The van der Waals surface area contributed by atoms with E-state index in [9.17, 15) is 33.3 Å². The SMILES string of the molecule is CCCCC[C@@H](O)/C=C/[C@H]1[C@H](C/C=C\CCCC(=O)N(COC(C)=O)S(C)(=O)=O)[C@H](O)C[C@@H]1O. The monoisotopic (exact) mass is 503 g/mol. The van der Waals surface area contributed by atoms with Crippen LogP contribution in [0.15, 0.2) is 24.3 Å². The van der Waals surface area contributed by atoms with E-state index < -0.39 is 46.9 Å². The maximum Gasteiger partial charge on any atom is 0.304 e. The Kier molecular flexibility index (Phi) is 13.6. The fraction of sp³-hybridized carbons (Fsp3) is 0.750. The van der Waals surface area contributed by atoms with Gasteiger partial charge in [-0.15, -0.1) is 0 Å². The van der Waals surface area contributed by atoms with Crippen molar-refractivity contribution < 1.29 is 38.1 Å². The van der Waals surface area contributed by atoms with Gasteiger partial charge in [-0.2, -0.15) is 0 Å². The van der Waals surface area contributed by atoms with E-state index in [0.717, 1.165) is 32.4 Å². The van der Waals surface area contributed by atoms with Crippen molar-refractivity contribution in [2.24, 2.45) is 11.8 Å². The molecule has 0 radical (unpaired) electrons. The molecule has 0 aromatic rings. The Balaban J connectivity index is 2.52. The number of aliphatic hydroxyl groups excluding tert-OH is 3. The second kappa shape index (κ2) is 15.3. The molecule has 0 spiro atoms. The highest BCUT2D eigenvalue weighted by Crippen LogP contribution is 2.36. The van der Waals surface area contributed by atoms with Crippen molar-refractivity contribution in [1.82, 2.24) is 4.31 Å². The second-order valence-corrected chi connectivity index (χ2v) is 10.8. The Morgan fingerprint density at radius 2 is 1.85 bits per heavy atom. The zero-order chi connectivity index (χ0) is 25.7. The predicted molar refractivity (Wildman–Crippen MR) is 129 cm³/mol. The van der Waals surface area contributed by atoms with Crippen LogP contribution in [-0.2, 0) is 24.3 Å². The molecule has 3 N–H and O–H groups in total. The first kappa shape index (κ1) is 30.3. The van der Waals surface area contributed by atoms with Gasteiger partial charge in [0.2, 0.25) is 15.9 Å². The number of rotatable bonds is 15. The Morgan fingerprint density at radius 3 is 2.47 bits per heavy atom. The molecule has 0 heterocycles. The molecule has 196 valence electrons. The Hall–Kier alpha value is -1.75. The van der Waals surface area contributed by atoms with Gasteiger partial charge in [0.1, 0.15) is 0 Å². The molecule has 1 saturated carbocycles. The van der Waals surface area contributed by atoms with Crippen LogP contribution in [-0.4, -0.2) is 71.2 Å².